The summed E-state index contributed by atoms with van der Waals surface area (Å²) >= 11 is 0. The Balaban J connectivity index is 1.29. The Morgan fingerprint density at radius 3 is 2.71 bits per heavy atom. The zero-order valence-corrected chi connectivity index (χ0v) is 16.1. The van der Waals surface area contributed by atoms with Crippen molar-refractivity contribution in [3.8, 4) is 0 Å². The Hall–Kier alpha value is -2.82. The van der Waals surface area contributed by atoms with Crippen molar-refractivity contribution >= 4 is 5.91 Å². The van der Waals surface area contributed by atoms with Gasteiger partial charge in [-0.1, -0.05) is 37.3 Å². The van der Waals surface area contributed by atoms with E-state index in [-0.39, 0.29) is 5.91 Å². The Kier molecular flexibility index (Phi) is 4.30. The highest BCUT2D eigenvalue weighted by atomic mass is 16.3. The molecule has 2 saturated carbocycles. The van der Waals surface area contributed by atoms with Gasteiger partial charge in [-0.05, 0) is 42.9 Å². The van der Waals surface area contributed by atoms with Crippen molar-refractivity contribution in [3.63, 3.8) is 0 Å². The van der Waals surface area contributed by atoms with Crippen LogP contribution in [0, 0.1) is 5.92 Å². The van der Waals surface area contributed by atoms with Crippen LogP contribution in [0.2, 0.25) is 0 Å². The number of hydrogen-bond donors (Lipinski definition) is 0. The minimum atomic E-state index is 0.0413. The molecule has 5 rings (SSSR count). The standard InChI is InChI=1S/C23H25N3O2/c1-16-11-21(16)22-10-9-20(28-22)15-26(19-7-8-19)23(27)18-12-24-25(14-18)13-17-5-3-2-4-6-17/h2-6,9-10,12,14,16,19,21H,7-8,11,13,15H2,1H3/t16-,21-/m0/s1. The third-order valence-electron chi connectivity index (χ3n) is 5.80. The first-order valence-electron chi connectivity index (χ1n) is 10.1. The fourth-order valence-electron chi connectivity index (χ4n) is 3.81. The highest BCUT2D eigenvalue weighted by Crippen LogP contribution is 2.47. The molecule has 2 atom stereocenters. The van der Waals surface area contributed by atoms with Crippen LogP contribution >= 0.6 is 0 Å². The van der Waals surface area contributed by atoms with Gasteiger partial charge in [-0.25, -0.2) is 0 Å². The molecular formula is C23H25N3O2. The summed E-state index contributed by atoms with van der Waals surface area (Å²) in [7, 11) is 0. The number of nitrogens with zero attached hydrogens (tertiary/aromatic N) is 3. The van der Waals surface area contributed by atoms with Crippen molar-refractivity contribution in [2.75, 3.05) is 0 Å². The zero-order valence-electron chi connectivity index (χ0n) is 16.1. The first-order valence-corrected chi connectivity index (χ1v) is 10.1. The zero-order chi connectivity index (χ0) is 19.1. The maximum atomic E-state index is 13.1. The number of hydrogen-bond acceptors (Lipinski definition) is 3. The fraction of sp³-hybridized carbons (Fsp3) is 0.391. The van der Waals surface area contributed by atoms with E-state index in [9.17, 15) is 4.79 Å². The normalized spacial score (nSPS) is 20.9. The minimum Gasteiger partial charge on any atom is -0.464 e. The Morgan fingerprint density at radius 2 is 2.00 bits per heavy atom. The molecule has 0 bridgehead atoms. The van der Waals surface area contributed by atoms with Crippen molar-refractivity contribution in [2.24, 2.45) is 5.92 Å². The molecule has 0 N–H and O–H groups in total. The number of carbonyl (C=O) groups excluding carboxylic acids is 1. The maximum absolute atomic E-state index is 13.1. The van der Waals surface area contributed by atoms with Gasteiger partial charge >= 0.3 is 0 Å². The lowest BCUT2D eigenvalue weighted by Crippen LogP contribution is -2.32. The van der Waals surface area contributed by atoms with Crippen molar-refractivity contribution in [1.29, 1.82) is 0 Å². The van der Waals surface area contributed by atoms with Gasteiger partial charge in [0.25, 0.3) is 5.91 Å². The minimum absolute atomic E-state index is 0.0413. The van der Waals surface area contributed by atoms with Crippen LogP contribution < -0.4 is 0 Å². The summed E-state index contributed by atoms with van der Waals surface area (Å²) in [6.07, 6.45) is 6.87. The molecule has 1 amide bonds. The third-order valence-corrected chi connectivity index (χ3v) is 5.80. The van der Waals surface area contributed by atoms with Crippen LogP contribution in [-0.4, -0.2) is 26.6 Å². The van der Waals surface area contributed by atoms with E-state index in [0.29, 0.717) is 30.6 Å². The lowest BCUT2D eigenvalue weighted by Gasteiger charge is -2.20. The summed E-state index contributed by atoms with van der Waals surface area (Å²) in [5.74, 6) is 3.28. The highest BCUT2D eigenvalue weighted by Gasteiger charge is 2.38. The van der Waals surface area contributed by atoms with Gasteiger partial charge in [0.15, 0.2) is 0 Å². The van der Waals surface area contributed by atoms with Gasteiger partial charge in [0.05, 0.1) is 24.8 Å². The smallest absolute Gasteiger partial charge is 0.257 e. The lowest BCUT2D eigenvalue weighted by molar-refractivity contribution is 0.0716. The van der Waals surface area contributed by atoms with Gasteiger partial charge in [0.1, 0.15) is 11.5 Å². The van der Waals surface area contributed by atoms with E-state index in [1.165, 1.54) is 12.0 Å². The van der Waals surface area contributed by atoms with E-state index in [4.69, 9.17) is 4.42 Å². The lowest BCUT2D eigenvalue weighted by atomic mass is 10.2. The molecule has 2 fully saturated rings. The number of aromatic nitrogens is 2. The van der Waals surface area contributed by atoms with E-state index < -0.39 is 0 Å². The van der Waals surface area contributed by atoms with Crippen LogP contribution in [0.5, 0.6) is 0 Å². The molecule has 2 aliphatic carbocycles. The number of carbonyl (C=O) groups is 1. The monoisotopic (exact) mass is 375 g/mol. The Bertz CT molecular complexity index is 971. The Labute approximate surface area is 165 Å². The molecule has 0 unspecified atom stereocenters. The van der Waals surface area contributed by atoms with Crippen molar-refractivity contribution in [2.45, 2.75) is 51.2 Å². The maximum Gasteiger partial charge on any atom is 0.257 e. The van der Waals surface area contributed by atoms with Gasteiger partial charge in [0.2, 0.25) is 0 Å². The van der Waals surface area contributed by atoms with Gasteiger partial charge < -0.3 is 9.32 Å². The molecule has 3 aromatic rings. The second-order valence-corrected chi connectivity index (χ2v) is 8.20. The number of rotatable bonds is 7. The molecule has 5 heteroatoms. The summed E-state index contributed by atoms with van der Waals surface area (Å²) in [5, 5.41) is 4.39. The Morgan fingerprint density at radius 1 is 1.21 bits per heavy atom. The molecule has 2 aromatic heterocycles. The van der Waals surface area contributed by atoms with Crippen LogP contribution in [0.3, 0.4) is 0 Å². The number of amides is 1. The summed E-state index contributed by atoms with van der Waals surface area (Å²) in [4.78, 5) is 15.1. The van der Waals surface area contributed by atoms with Gasteiger partial charge in [-0.15, -0.1) is 0 Å². The molecule has 2 heterocycles. The number of furan rings is 1. The van der Waals surface area contributed by atoms with Gasteiger partial charge in [-0.3, -0.25) is 9.48 Å². The molecule has 5 nitrogen and oxygen atoms in total. The van der Waals surface area contributed by atoms with E-state index in [1.807, 2.05) is 40.0 Å². The predicted octanol–water partition coefficient (Wildman–Crippen LogP) is 4.45. The molecular weight excluding hydrogens is 350 g/mol. The predicted molar refractivity (Wildman–Crippen MR) is 106 cm³/mol. The quantitative estimate of drug-likeness (QED) is 0.613. The first kappa shape index (κ1) is 17.3. The van der Waals surface area contributed by atoms with Crippen molar-refractivity contribution in [1.82, 2.24) is 14.7 Å². The van der Waals surface area contributed by atoms with Crippen LogP contribution in [-0.2, 0) is 13.1 Å². The van der Waals surface area contributed by atoms with Crippen LogP contribution in [0.15, 0.2) is 59.3 Å². The average Bonchev–Trinajstić information content (AvgIpc) is 3.58. The van der Waals surface area contributed by atoms with Crippen molar-refractivity contribution in [3.05, 3.63) is 77.5 Å². The molecule has 144 valence electrons. The topological polar surface area (TPSA) is 51.3 Å². The van der Waals surface area contributed by atoms with Crippen LogP contribution in [0.4, 0.5) is 0 Å². The summed E-state index contributed by atoms with van der Waals surface area (Å²) in [6, 6.07) is 14.6. The summed E-state index contributed by atoms with van der Waals surface area (Å²) in [6.45, 7) is 3.45. The second kappa shape index (κ2) is 6.97. The first-order chi connectivity index (χ1) is 13.7. The second-order valence-electron chi connectivity index (χ2n) is 8.20. The largest absolute Gasteiger partial charge is 0.464 e. The van der Waals surface area contributed by atoms with Gasteiger partial charge in [-0.2, -0.15) is 5.10 Å². The number of benzene rings is 1. The SMILES string of the molecule is C[C@H]1C[C@@H]1c1ccc(CN(C(=O)c2cnn(Cc3ccccc3)c2)C2CC2)o1. The van der Waals surface area contributed by atoms with E-state index in [2.05, 4.69) is 30.2 Å². The fourth-order valence-corrected chi connectivity index (χ4v) is 3.81. The highest BCUT2D eigenvalue weighted by molar-refractivity contribution is 5.94. The molecule has 0 saturated heterocycles. The summed E-state index contributed by atoms with van der Waals surface area (Å²) < 4.78 is 7.87. The van der Waals surface area contributed by atoms with Crippen LogP contribution in [0.1, 0.15) is 59.5 Å². The average molecular weight is 375 g/mol. The summed E-state index contributed by atoms with van der Waals surface area (Å²) in [5.41, 5.74) is 1.81. The van der Waals surface area contributed by atoms with Crippen LogP contribution in [0.25, 0.3) is 0 Å². The van der Waals surface area contributed by atoms with E-state index in [0.717, 1.165) is 30.3 Å². The van der Waals surface area contributed by atoms with E-state index in [1.54, 1.807) is 6.20 Å². The third kappa shape index (κ3) is 3.61. The van der Waals surface area contributed by atoms with E-state index >= 15 is 0 Å². The molecule has 0 spiro atoms. The molecule has 2 aliphatic rings. The van der Waals surface area contributed by atoms with Crippen molar-refractivity contribution < 1.29 is 9.21 Å². The molecule has 28 heavy (non-hydrogen) atoms. The molecule has 0 radical (unpaired) electrons. The molecule has 1 aromatic carbocycles. The van der Waals surface area contributed by atoms with Gasteiger partial charge in [0, 0.05) is 18.2 Å². The molecule has 0 aliphatic heterocycles.